The molecule has 0 spiro atoms. The predicted octanol–water partition coefficient (Wildman–Crippen LogP) is 6.41. The van der Waals surface area contributed by atoms with Gasteiger partial charge in [0.15, 0.2) is 10.6 Å². The molecule has 5 rings (SSSR count). The number of rotatable bonds is 9. The molecule has 0 saturated heterocycles. The van der Waals surface area contributed by atoms with E-state index in [0.717, 1.165) is 16.8 Å². The first kappa shape index (κ1) is 32.6. The number of carbonyl (C=O) groups excluding carboxylic acids is 1. The number of methoxy groups -OCH3 is 1. The topological polar surface area (TPSA) is 82.4 Å². The Morgan fingerprint density at radius 2 is 1.76 bits per heavy atom. The predicted molar refractivity (Wildman–Crippen MR) is 180 cm³/mol. The van der Waals surface area contributed by atoms with E-state index < -0.39 is 12.0 Å². The van der Waals surface area contributed by atoms with Crippen molar-refractivity contribution in [3.8, 4) is 11.5 Å². The summed E-state index contributed by atoms with van der Waals surface area (Å²) in [5.74, 6) is 0.385. The number of halogens is 3. The minimum Gasteiger partial charge on any atom is -0.496 e. The molecule has 12 heteroatoms. The zero-order valence-electron chi connectivity index (χ0n) is 25.2. The first-order valence-corrected chi connectivity index (χ1v) is 15.9. The van der Waals surface area contributed by atoms with Gasteiger partial charge in [-0.25, -0.2) is 9.79 Å². The van der Waals surface area contributed by atoms with Gasteiger partial charge >= 0.3 is 5.97 Å². The first-order chi connectivity index (χ1) is 21.5. The first-order valence-electron chi connectivity index (χ1n) is 13.9. The smallest absolute Gasteiger partial charge is 0.338 e. The maximum atomic E-state index is 14.0. The van der Waals surface area contributed by atoms with Crippen molar-refractivity contribution in [1.29, 1.82) is 0 Å². The molecule has 0 saturated carbocycles. The summed E-state index contributed by atoms with van der Waals surface area (Å²) in [6.45, 7) is 3.81. The maximum absolute atomic E-state index is 14.0. The number of thiazole rings is 1. The Morgan fingerprint density at radius 1 is 1.07 bits per heavy atom. The van der Waals surface area contributed by atoms with Crippen LogP contribution in [-0.2, 0) is 16.1 Å². The summed E-state index contributed by atoms with van der Waals surface area (Å²) < 4.78 is 18.9. The van der Waals surface area contributed by atoms with Gasteiger partial charge in [-0.2, -0.15) is 0 Å². The standard InChI is InChI=1S/C33H30Cl3N3O5S/c1-6-43-32(41)28-18(2)37-33-39(29(28)20-8-10-23(11-9-20)38(3)4)31(40)27(45-33)14-19-7-12-26(42-5)21(13-19)17-44-30-24(35)15-22(34)16-25(30)36/h7-16,29H,6,17H2,1-5H3/b27-14+/t29-/m0/s1. The summed E-state index contributed by atoms with van der Waals surface area (Å²) in [6.07, 6.45) is 1.78. The fraction of sp³-hybridized carbons (Fsp3) is 0.242. The van der Waals surface area contributed by atoms with Crippen molar-refractivity contribution in [2.24, 2.45) is 4.99 Å². The highest BCUT2D eigenvalue weighted by molar-refractivity contribution is 7.07. The molecule has 0 aliphatic carbocycles. The summed E-state index contributed by atoms with van der Waals surface area (Å²) in [6, 6.07) is 15.7. The van der Waals surface area contributed by atoms with Gasteiger partial charge < -0.3 is 19.1 Å². The number of fused-ring (bicyclic) bond motifs is 1. The highest BCUT2D eigenvalue weighted by Gasteiger charge is 2.33. The molecule has 2 heterocycles. The van der Waals surface area contributed by atoms with Gasteiger partial charge in [0.05, 0.1) is 45.6 Å². The number of esters is 1. The molecule has 1 aliphatic rings. The zero-order chi connectivity index (χ0) is 32.4. The highest BCUT2D eigenvalue weighted by Crippen LogP contribution is 2.37. The molecule has 4 aromatic rings. The van der Waals surface area contributed by atoms with E-state index in [2.05, 4.69) is 4.99 Å². The summed E-state index contributed by atoms with van der Waals surface area (Å²) in [7, 11) is 5.46. The number of anilines is 1. The summed E-state index contributed by atoms with van der Waals surface area (Å²) >= 11 is 19.9. The third-order valence-corrected chi connectivity index (χ3v) is 8.94. The number of carbonyl (C=O) groups is 1. The third-order valence-electron chi connectivity index (χ3n) is 7.18. The average Bonchev–Trinajstić information content (AvgIpc) is 3.29. The molecule has 0 amide bonds. The quantitative estimate of drug-likeness (QED) is 0.189. The Hall–Kier alpha value is -3.76. The van der Waals surface area contributed by atoms with E-state index in [1.165, 1.54) is 11.3 Å². The molecule has 1 atom stereocenters. The van der Waals surface area contributed by atoms with Crippen molar-refractivity contribution < 1.29 is 19.0 Å². The molecule has 0 radical (unpaired) electrons. The number of hydrogen-bond donors (Lipinski definition) is 0. The SMILES string of the molecule is CCOC(=O)C1=C(C)N=c2s/c(=C/c3ccc(OC)c(COc4c(Cl)cc(Cl)cc4Cl)c3)c(=O)n2[C@H]1c1ccc(N(C)C)cc1. The van der Waals surface area contributed by atoms with E-state index in [1.54, 1.807) is 49.8 Å². The summed E-state index contributed by atoms with van der Waals surface area (Å²) in [5, 5.41) is 0.968. The lowest BCUT2D eigenvalue weighted by Gasteiger charge is -2.25. The Bertz CT molecular complexity index is 1960. The summed E-state index contributed by atoms with van der Waals surface area (Å²) in [5.41, 5.74) is 3.77. The number of benzene rings is 3. The number of hydrogen-bond acceptors (Lipinski definition) is 8. The van der Waals surface area contributed by atoms with Crippen LogP contribution < -0.4 is 29.3 Å². The van der Waals surface area contributed by atoms with Gasteiger partial charge in [0.2, 0.25) is 0 Å². The van der Waals surface area contributed by atoms with E-state index in [9.17, 15) is 9.59 Å². The molecule has 1 aliphatic heterocycles. The van der Waals surface area contributed by atoms with Crippen molar-refractivity contribution >= 4 is 63.9 Å². The van der Waals surface area contributed by atoms with Crippen molar-refractivity contribution in [3.63, 3.8) is 0 Å². The van der Waals surface area contributed by atoms with Crippen LogP contribution >= 0.6 is 46.1 Å². The van der Waals surface area contributed by atoms with Crippen LogP contribution in [0.3, 0.4) is 0 Å². The fourth-order valence-corrected chi connectivity index (χ4v) is 7.00. The molecule has 0 unspecified atom stereocenters. The van der Waals surface area contributed by atoms with Gasteiger partial charge in [-0.3, -0.25) is 9.36 Å². The molecule has 0 N–H and O–H groups in total. The fourth-order valence-electron chi connectivity index (χ4n) is 5.03. The molecule has 45 heavy (non-hydrogen) atoms. The second-order valence-electron chi connectivity index (χ2n) is 10.3. The molecular weight excluding hydrogens is 657 g/mol. The van der Waals surface area contributed by atoms with Crippen LogP contribution in [0, 0.1) is 0 Å². The Kier molecular flexibility index (Phi) is 9.94. The van der Waals surface area contributed by atoms with E-state index >= 15 is 0 Å². The van der Waals surface area contributed by atoms with Gasteiger partial charge in [-0.15, -0.1) is 0 Å². The molecule has 234 valence electrons. The molecule has 8 nitrogen and oxygen atoms in total. The average molecular weight is 687 g/mol. The number of nitrogens with zero attached hydrogens (tertiary/aromatic N) is 3. The second-order valence-corrected chi connectivity index (χ2v) is 12.6. The monoisotopic (exact) mass is 685 g/mol. The van der Waals surface area contributed by atoms with Crippen molar-refractivity contribution in [1.82, 2.24) is 4.57 Å². The van der Waals surface area contributed by atoms with Crippen LogP contribution in [0.1, 0.15) is 36.6 Å². The van der Waals surface area contributed by atoms with Crippen LogP contribution in [0.4, 0.5) is 5.69 Å². The third kappa shape index (κ3) is 6.77. The van der Waals surface area contributed by atoms with Crippen molar-refractivity contribution in [2.75, 3.05) is 32.7 Å². The van der Waals surface area contributed by atoms with E-state index in [-0.39, 0.29) is 28.8 Å². The van der Waals surface area contributed by atoms with E-state index in [0.29, 0.717) is 42.7 Å². The van der Waals surface area contributed by atoms with Crippen molar-refractivity contribution in [3.05, 3.63) is 117 Å². The van der Waals surface area contributed by atoms with Crippen LogP contribution in [0.15, 0.2) is 75.7 Å². The molecule has 0 bridgehead atoms. The lowest BCUT2D eigenvalue weighted by molar-refractivity contribution is -0.139. The molecule has 1 aromatic heterocycles. The van der Waals surface area contributed by atoms with Crippen LogP contribution in [0.5, 0.6) is 11.5 Å². The zero-order valence-corrected chi connectivity index (χ0v) is 28.3. The van der Waals surface area contributed by atoms with Crippen LogP contribution in [0.2, 0.25) is 15.1 Å². The largest absolute Gasteiger partial charge is 0.496 e. The Morgan fingerprint density at radius 3 is 2.38 bits per heavy atom. The van der Waals surface area contributed by atoms with Gasteiger partial charge in [-0.1, -0.05) is 64.3 Å². The molecule has 0 fully saturated rings. The van der Waals surface area contributed by atoms with Gasteiger partial charge in [-0.05, 0) is 67.4 Å². The lowest BCUT2D eigenvalue weighted by Crippen LogP contribution is -2.39. The van der Waals surface area contributed by atoms with E-state index in [1.807, 2.05) is 55.4 Å². The van der Waals surface area contributed by atoms with Gasteiger partial charge in [0.1, 0.15) is 12.4 Å². The number of aromatic nitrogens is 1. The minimum atomic E-state index is -0.702. The van der Waals surface area contributed by atoms with Gasteiger partial charge in [0, 0.05) is 30.4 Å². The number of allylic oxidation sites excluding steroid dienone is 1. The normalized spacial score (nSPS) is 14.6. The Labute approximate surface area is 279 Å². The minimum absolute atomic E-state index is 0.0955. The second kappa shape index (κ2) is 13.7. The molecule has 3 aromatic carbocycles. The van der Waals surface area contributed by atoms with E-state index in [4.69, 9.17) is 49.0 Å². The number of ether oxygens (including phenoxy) is 3. The lowest BCUT2D eigenvalue weighted by atomic mass is 9.95. The Balaban J connectivity index is 1.57. The van der Waals surface area contributed by atoms with Crippen LogP contribution in [0.25, 0.3) is 6.08 Å². The van der Waals surface area contributed by atoms with Crippen LogP contribution in [-0.4, -0.2) is 38.3 Å². The molecular formula is C33H30Cl3N3O5S. The van der Waals surface area contributed by atoms with Gasteiger partial charge in [0.25, 0.3) is 5.56 Å². The maximum Gasteiger partial charge on any atom is 0.338 e. The highest BCUT2D eigenvalue weighted by atomic mass is 35.5. The van der Waals surface area contributed by atoms with Crippen molar-refractivity contribution in [2.45, 2.75) is 26.5 Å². The summed E-state index contributed by atoms with van der Waals surface area (Å²) in [4.78, 5) is 34.4.